The summed E-state index contributed by atoms with van der Waals surface area (Å²) in [5.74, 6) is 1.47. The predicted octanol–water partition coefficient (Wildman–Crippen LogP) is 1.94. The highest BCUT2D eigenvalue weighted by Gasteiger charge is 2.22. The van der Waals surface area contributed by atoms with Crippen LogP contribution in [-0.4, -0.2) is 30.3 Å². The monoisotopic (exact) mass is 183 g/mol. The van der Waals surface area contributed by atoms with Gasteiger partial charge in [-0.25, -0.2) is 0 Å². The van der Waals surface area contributed by atoms with Crippen molar-refractivity contribution in [2.45, 2.75) is 33.6 Å². The maximum Gasteiger partial charge on any atom is 0.133 e. The molecule has 0 aromatic rings. The first-order chi connectivity index (χ1) is 6.09. The van der Waals surface area contributed by atoms with E-state index in [4.69, 9.17) is 0 Å². The Morgan fingerprint density at radius 3 is 2.31 bits per heavy atom. The molecule has 2 heteroatoms. The molecule has 0 aromatic heterocycles. The van der Waals surface area contributed by atoms with Gasteiger partial charge >= 0.3 is 0 Å². The summed E-state index contributed by atoms with van der Waals surface area (Å²) in [4.78, 5) is 13.6. The molecular weight excluding hydrogens is 162 g/mol. The Morgan fingerprint density at radius 1 is 1.38 bits per heavy atom. The van der Waals surface area contributed by atoms with Gasteiger partial charge in [0, 0.05) is 12.5 Å². The van der Waals surface area contributed by atoms with E-state index in [0.29, 0.717) is 11.7 Å². The van der Waals surface area contributed by atoms with Crippen LogP contribution in [0.5, 0.6) is 0 Å². The molecule has 0 radical (unpaired) electrons. The van der Waals surface area contributed by atoms with E-state index in [-0.39, 0.29) is 0 Å². The van der Waals surface area contributed by atoms with Crippen LogP contribution in [0.1, 0.15) is 33.6 Å². The van der Waals surface area contributed by atoms with Crippen LogP contribution in [0.4, 0.5) is 0 Å². The van der Waals surface area contributed by atoms with Crippen molar-refractivity contribution in [2.75, 3.05) is 19.6 Å². The second-order valence-electron chi connectivity index (χ2n) is 4.58. The number of Topliss-reactive ketones (excluding diaryl/α,β-unsaturated/α-hetero) is 1. The van der Waals surface area contributed by atoms with E-state index in [9.17, 15) is 4.79 Å². The van der Waals surface area contributed by atoms with Gasteiger partial charge in [0.2, 0.25) is 0 Å². The molecule has 0 bridgehead atoms. The second-order valence-corrected chi connectivity index (χ2v) is 4.58. The highest BCUT2D eigenvalue weighted by molar-refractivity contribution is 5.78. The lowest BCUT2D eigenvalue weighted by molar-refractivity contribution is -0.122. The maximum absolute atomic E-state index is 11.1. The Bertz CT molecular complexity index is 169. The summed E-state index contributed by atoms with van der Waals surface area (Å²) in [6, 6.07) is 0. The molecule has 0 aliphatic carbocycles. The number of likely N-dealkylation sites (tertiary alicyclic amines) is 1. The van der Waals surface area contributed by atoms with Crippen molar-refractivity contribution in [3.63, 3.8) is 0 Å². The van der Waals surface area contributed by atoms with Crippen LogP contribution < -0.4 is 0 Å². The van der Waals surface area contributed by atoms with Crippen molar-refractivity contribution in [1.29, 1.82) is 0 Å². The topological polar surface area (TPSA) is 20.3 Å². The maximum atomic E-state index is 11.1. The minimum absolute atomic E-state index is 0.350. The van der Waals surface area contributed by atoms with Crippen molar-refractivity contribution >= 4 is 5.78 Å². The smallest absolute Gasteiger partial charge is 0.133 e. The van der Waals surface area contributed by atoms with Crippen LogP contribution in [0.3, 0.4) is 0 Å². The lowest BCUT2D eigenvalue weighted by Crippen LogP contribution is -2.37. The zero-order valence-corrected chi connectivity index (χ0v) is 9.05. The number of carbonyl (C=O) groups excluding carboxylic acids is 1. The van der Waals surface area contributed by atoms with E-state index in [0.717, 1.165) is 31.8 Å². The normalized spacial score (nSPS) is 20.9. The molecule has 76 valence electrons. The second kappa shape index (κ2) is 4.75. The SMILES string of the molecule is CC(=O)C1CCN(CC(C)C)CC1. The molecule has 0 unspecified atom stereocenters. The van der Waals surface area contributed by atoms with Gasteiger partial charge in [-0.3, -0.25) is 4.79 Å². The molecule has 0 amide bonds. The summed E-state index contributed by atoms with van der Waals surface area (Å²) in [7, 11) is 0. The van der Waals surface area contributed by atoms with E-state index >= 15 is 0 Å². The van der Waals surface area contributed by atoms with Crippen LogP contribution in [0.15, 0.2) is 0 Å². The van der Waals surface area contributed by atoms with Gasteiger partial charge < -0.3 is 4.90 Å². The number of rotatable bonds is 3. The quantitative estimate of drug-likeness (QED) is 0.666. The third kappa shape index (κ3) is 3.47. The molecule has 1 heterocycles. The molecule has 2 nitrogen and oxygen atoms in total. The number of piperidine rings is 1. The lowest BCUT2D eigenvalue weighted by Gasteiger charge is -2.31. The largest absolute Gasteiger partial charge is 0.303 e. The van der Waals surface area contributed by atoms with E-state index in [2.05, 4.69) is 18.7 Å². The van der Waals surface area contributed by atoms with Crippen molar-refractivity contribution in [2.24, 2.45) is 11.8 Å². The summed E-state index contributed by atoms with van der Waals surface area (Å²) >= 11 is 0. The zero-order valence-electron chi connectivity index (χ0n) is 9.05. The van der Waals surface area contributed by atoms with Gasteiger partial charge in [0.05, 0.1) is 0 Å². The van der Waals surface area contributed by atoms with Gasteiger partial charge in [-0.2, -0.15) is 0 Å². The minimum Gasteiger partial charge on any atom is -0.303 e. The van der Waals surface area contributed by atoms with Crippen molar-refractivity contribution in [3.8, 4) is 0 Å². The summed E-state index contributed by atoms with van der Waals surface area (Å²) in [6.07, 6.45) is 2.14. The Balaban J connectivity index is 2.26. The molecule has 0 N–H and O–H groups in total. The molecule has 0 spiro atoms. The van der Waals surface area contributed by atoms with Gasteiger partial charge in [0.25, 0.3) is 0 Å². The highest BCUT2D eigenvalue weighted by atomic mass is 16.1. The molecule has 0 aromatic carbocycles. The average Bonchev–Trinajstić information content (AvgIpc) is 2.04. The highest BCUT2D eigenvalue weighted by Crippen LogP contribution is 2.18. The Labute approximate surface area is 81.3 Å². The molecule has 13 heavy (non-hydrogen) atoms. The fraction of sp³-hybridized carbons (Fsp3) is 0.909. The number of hydrogen-bond acceptors (Lipinski definition) is 2. The van der Waals surface area contributed by atoms with Crippen molar-refractivity contribution < 1.29 is 4.79 Å². The predicted molar refractivity (Wildman–Crippen MR) is 54.7 cm³/mol. The minimum atomic E-state index is 0.350. The summed E-state index contributed by atoms with van der Waals surface area (Å²) in [6.45, 7) is 9.63. The zero-order chi connectivity index (χ0) is 9.84. The number of carbonyl (C=O) groups is 1. The van der Waals surface area contributed by atoms with E-state index in [1.54, 1.807) is 6.92 Å². The van der Waals surface area contributed by atoms with Gasteiger partial charge in [-0.15, -0.1) is 0 Å². The first-order valence-electron chi connectivity index (χ1n) is 5.32. The van der Waals surface area contributed by atoms with Gasteiger partial charge in [-0.05, 0) is 38.8 Å². The summed E-state index contributed by atoms with van der Waals surface area (Å²) in [5.41, 5.74) is 0. The van der Waals surface area contributed by atoms with Crippen LogP contribution in [0.25, 0.3) is 0 Å². The average molecular weight is 183 g/mol. The summed E-state index contributed by atoms with van der Waals surface area (Å²) < 4.78 is 0. The molecule has 0 saturated carbocycles. The Morgan fingerprint density at radius 2 is 1.92 bits per heavy atom. The summed E-state index contributed by atoms with van der Waals surface area (Å²) in [5, 5.41) is 0. The third-order valence-electron chi connectivity index (χ3n) is 2.79. The first-order valence-corrected chi connectivity index (χ1v) is 5.32. The van der Waals surface area contributed by atoms with Crippen LogP contribution in [0.2, 0.25) is 0 Å². The molecule has 0 atom stereocenters. The molecule has 1 aliphatic heterocycles. The first kappa shape index (κ1) is 10.7. The Kier molecular flexibility index (Phi) is 3.91. The van der Waals surface area contributed by atoms with Crippen molar-refractivity contribution in [3.05, 3.63) is 0 Å². The molecule has 1 rings (SSSR count). The molecule has 1 aliphatic rings. The van der Waals surface area contributed by atoms with Crippen LogP contribution in [0, 0.1) is 11.8 Å². The van der Waals surface area contributed by atoms with Gasteiger partial charge in [0.1, 0.15) is 5.78 Å². The standard InChI is InChI=1S/C11H21NO/c1-9(2)8-12-6-4-11(5-7-12)10(3)13/h9,11H,4-8H2,1-3H3. The number of ketones is 1. The third-order valence-corrected chi connectivity index (χ3v) is 2.79. The van der Waals surface area contributed by atoms with Crippen LogP contribution >= 0.6 is 0 Å². The molecule has 1 fully saturated rings. The van der Waals surface area contributed by atoms with Gasteiger partial charge in [0.15, 0.2) is 0 Å². The Hall–Kier alpha value is -0.370. The van der Waals surface area contributed by atoms with E-state index in [1.807, 2.05) is 0 Å². The number of hydrogen-bond donors (Lipinski definition) is 0. The van der Waals surface area contributed by atoms with Crippen LogP contribution in [-0.2, 0) is 4.79 Å². The molecule has 1 saturated heterocycles. The molecular formula is C11H21NO. The van der Waals surface area contributed by atoms with Gasteiger partial charge in [-0.1, -0.05) is 13.8 Å². The number of nitrogens with zero attached hydrogens (tertiary/aromatic N) is 1. The lowest BCUT2D eigenvalue weighted by atomic mass is 9.93. The van der Waals surface area contributed by atoms with E-state index in [1.165, 1.54) is 6.54 Å². The van der Waals surface area contributed by atoms with E-state index < -0.39 is 0 Å². The van der Waals surface area contributed by atoms with Crippen molar-refractivity contribution in [1.82, 2.24) is 4.90 Å². The fourth-order valence-electron chi connectivity index (χ4n) is 2.04. The fourth-order valence-corrected chi connectivity index (χ4v) is 2.04.